The molecular weight excluding hydrogens is 779 g/mol. The van der Waals surface area contributed by atoms with E-state index in [-0.39, 0.29) is 30.2 Å². The lowest BCUT2D eigenvalue weighted by Gasteiger charge is -2.52. The second-order valence-corrected chi connectivity index (χ2v) is 18.7. The summed E-state index contributed by atoms with van der Waals surface area (Å²) >= 11 is 0. The molecular formula is C50H61N7O5. The molecule has 1 saturated carbocycles. The van der Waals surface area contributed by atoms with Gasteiger partial charge in [-0.1, -0.05) is 26.1 Å². The molecule has 9 rings (SSSR count). The highest BCUT2D eigenvalue weighted by Gasteiger charge is 2.48. The predicted molar refractivity (Wildman–Crippen MR) is 242 cm³/mol. The second-order valence-electron chi connectivity index (χ2n) is 18.7. The van der Waals surface area contributed by atoms with E-state index in [4.69, 9.17) is 9.47 Å². The number of anilines is 1. The van der Waals surface area contributed by atoms with Crippen LogP contribution in [0.1, 0.15) is 107 Å². The number of likely N-dealkylation sites (tertiary alicyclic amines) is 2. The molecule has 12 nitrogen and oxygen atoms in total. The van der Waals surface area contributed by atoms with Crippen LogP contribution >= 0.6 is 0 Å². The minimum Gasteiger partial charge on any atom is -0.496 e. The standard InChI is InChI=1S/C50H61N7O5/c1-8-34-21-35(42-29-54(6)32(3)41-27-51-46(53(4)5)24-39(41)42)22-45(61-7)43(34)30-55-17-13-33(14-18-55)28-56-19-15-50(16-20-56)25-37(26-50)62-36-9-10-38-40(23-36)49(60)57(48(38)59)44-11-12-47(58)52-31(44)2/h9-10,21-24,27,29,33,37,44H,2-3,8,11-20,25-26,28,30H2,1,4-7H3,(H,52,58). The second kappa shape index (κ2) is 16.7. The van der Waals surface area contributed by atoms with Gasteiger partial charge in [0.25, 0.3) is 11.8 Å². The summed E-state index contributed by atoms with van der Waals surface area (Å²) in [5.41, 5.74) is 9.51. The monoisotopic (exact) mass is 839 g/mol. The molecule has 1 atom stereocenters. The summed E-state index contributed by atoms with van der Waals surface area (Å²) in [4.78, 5) is 53.8. The maximum Gasteiger partial charge on any atom is 0.262 e. The van der Waals surface area contributed by atoms with E-state index >= 15 is 0 Å². The number of aromatic nitrogens is 1. The van der Waals surface area contributed by atoms with Gasteiger partial charge in [0.05, 0.1) is 30.4 Å². The lowest BCUT2D eigenvalue weighted by atomic mass is 9.61. The number of ether oxygens (including phenoxy) is 2. The highest BCUT2D eigenvalue weighted by atomic mass is 16.5. The minimum atomic E-state index is -0.534. The van der Waals surface area contributed by atoms with E-state index in [1.165, 1.54) is 48.3 Å². The van der Waals surface area contributed by atoms with Crippen LogP contribution in [0.25, 0.3) is 11.3 Å². The van der Waals surface area contributed by atoms with Gasteiger partial charge in [-0.05, 0) is 136 Å². The molecule has 1 unspecified atom stereocenters. The fourth-order valence-corrected chi connectivity index (χ4v) is 10.8. The number of pyridine rings is 1. The third kappa shape index (κ3) is 7.80. The molecule has 62 heavy (non-hydrogen) atoms. The van der Waals surface area contributed by atoms with Crippen LogP contribution in [0.4, 0.5) is 5.82 Å². The Kier molecular flexibility index (Phi) is 11.3. The number of nitrogens with one attached hydrogen (secondary N) is 1. The molecule has 3 amide bonds. The van der Waals surface area contributed by atoms with Crippen LogP contribution in [0.5, 0.6) is 11.5 Å². The Morgan fingerprint density at radius 3 is 2.34 bits per heavy atom. The Labute approximate surface area is 366 Å². The van der Waals surface area contributed by atoms with Crippen LogP contribution in [-0.4, -0.2) is 115 Å². The molecule has 2 aromatic carbocycles. The highest BCUT2D eigenvalue weighted by Crippen LogP contribution is 2.51. The first-order valence-corrected chi connectivity index (χ1v) is 22.5. The molecule has 326 valence electrons. The average Bonchev–Trinajstić information content (AvgIpc) is 3.50. The molecule has 12 heteroatoms. The van der Waals surface area contributed by atoms with Crippen molar-refractivity contribution in [2.45, 2.75) is 83.4 Å². The molecule has 0 radical (unpaired) electrons. The molecule has 5 aliphatic heterocycles. The van der Waals surface area contributed by atoms with Gasteiger partial charge in [-0.25, -0.2) is 4.98 Å². The third-order valence-corrected chi connectivity index (χ3v) is 14.6. The van der Waals surface area contributed by atoms with Crippen molar-refractivity contribution in [3.63, 3.8) is 0 Å². The van der Waals surface area contributed by atoms with Crippen molar-refractivity contribution >= 4 is 34.8 Å². The Bertz CT molecular complexity index is 2320. The van der Waals surface area contributed by atoms with E-state index in [9.17, 15) is 14.4 Å². The zero-order valence-corrected chi connectivity index (χ0v) is 37.1. The number of piperidine rings is 3. The summed E-state index contributed by atoms with van der Waals surface area (Å²) in [7, 11) is 7.89. The first-order valence-electron chi connectivity index (χ1n) is 22.5. The van der Waals surface area contributed by atoms with Crippen LogP contribution in [0.2, 0.25) is 0 Å². The molecule has 4 fully saturated rings. The largest absolute Gasteiger partial charge is 0.496 e. The molecule has 6 aliphatic rings. The number of hydrogen-bond acceptors (Lipinski definition) is 10. The van der Waals surface area contributed by atoms with Gasteiger partial charge < -0.3 is 29.5 Å². The predicted octanol–water partition coefficient (Wildman–Crippen LogP) is 6.95. The quantitative estimate of drug-likeness (QED) is 0.204. The maximum atomic E-state index is 13.4. The van der Waals surface area contributed by atoms with Crippen molar-refractivity contribution in [2.75, 3.05) is 65.9 Å². The minimum absolute atomic E-state index is 0.112. The van der Waals surface area contributed by atoms with E-state index in [0.29, 0.717) is 40.3 Å². The molecule has 1 spiro atoms. The third-order valence-electron chi connectivity index (χ3n) is 14.6. The number of hydrogen-bond donors (Lipinski definition) is 1. The van der Waals surface area contributed by atoms with Gasteiger partial charge in [-0.3, -0.25) is 24.2 Å². The van der Waals surface area contributed by atoms with Crippen LogP contribution in [0.15, 0.2) is 67.6 Å². The number of amides is 3. The van der Waals surface area contributed by atoms with E-state index in [1.54, 1.807) is 19.2 Å². The van der Waals surface area contributed by atoms with Crippen molar-refractivity contribution in [3.05, 3.63) is 107 Å². The number of benzene rings is 2. The van der Waals surface area contributed by atoms with E-state index in [2.05, 4.69) is 69.5 Å². The molecule has 0 bridgehead atoms. The Balaban J connectivity index is 0.755. The summed E-state index contributed by atoms with van der Waals surface area (Å²) in [5.74, 6) is 2.38. The van der Waals surface area contributed by atoms with Gasteiger partial charge in [0, 0.05) is 81.1 Å². The molecule has 3 saturated heterocycles. The van der Waals surface area contributed by atoms with E-state index in [0.717, 1.165) is 91.5 Å². The zero-order valence-electron chi connectivity index (χ0n) is 37.1. The number of fused-ring (bicyclic) bond motifs is 2. The zero-order chi connectivity index (χ0) is 43.4. The van der Waals surface area contributed by atoms with Crippen LogP contribution in [0, 0.1) is 11.3 Å². The number of methoxy groups -OCH3 is 1. The summed E-state index contributed by atoms with van der Waals surface area (Å²) in [5, 5.41) is 2.69. The summed E-state index contributed by atoms with van der Waals surface area (Å²) in [6.07, 6.45) is 12.6. The summed E-state index contributed by atoms with van der Waals surface area (Å²) in [6.45, 7) is 17.0. The molecule has 1 aliphatic carbocycles. The SMILES string of the molecule is C=C1NC(=O)CCC1N1C(=O)c2ccc(OC3CC4(CCN(CC5CCN(Cc6c(CC)cc(C7=CN(C)C(=C)c8cnc(N(C)C)cc87)cc6OC)CC5)CC4)C3)cc2C1=O. The first-order chi connectivity index (χ1) is 29.8. The van der Waals surface area contributed by atoms with Crippen LogP contribution < -0.4 is 19.7 Å². The Morgan fingerprint density at radius 2 is 1.65 bits per heavy atom. The van der Waals surface area contributed by atoms with Crippen molar-refractivity contribution < 1.29 is 23.9 Å². The Morgan fingerprint density at radius 1 is 0.903 bits per heavy atom. The van der Waals surface area contributed by atoms with Gasteiger partial charge in [-0.2, -0.15) is 0 Å². The summed E-state index contributed by atoms with van der Waals surface area (Å²) < 4.78 is 12.5. The van der Waals surface area contributed by atoms with E-state index < -0.39 is 6.04 Å². The first kappa shape index (κ1) is 41.9. The highest BCUT2D eigenvalue weighted by molar-refractivity contribution is 6.22. The normalized spacial score (nSPS) is 22.0. The van der Waals surface area contributed by atoms with E-state index in [1.807, 2.05) is 38.3 Å². The average molecular weight is 840 g/mol. The lowest BCUT2D eigenvalue weighted by Crippen LogP contribution is -2.51. The van der Waals surface area contributed by atoms with Crippen molar-refractivity contribution in [2.24, 2.45) is 11.3 Å². The van der Waals surface area contributed by atoms with Crippen molar-refractivity contribution in [1.29, 1.82) is 0 Å². The molecule has 6 heterocycles. The number of rotatable bonds is 11. The fourth-order valence-electron chi connectivity index (χ4n) is 10.8. The van der Waals surface area contributed by atoms with Crippen molar-refractivity contribution in [3.8, 4) is 11.5 Å². The van der Waals surface area contributed by atoms with Crippen LogP contribution in [0.3, 0.4) is 0 Å². The van der Waals surface area contributed by atoms with Gasteiger partial charge in [0.15, 0.2) is 0 Å². The molecule has 1 N–H and O–H groups in total. The smallest absolute Gasteiger partial charge is 0.262 e. The maximum absolute atomic E-state index is 13.4. The molecule has 3 aromatic rings. The van der Waals surface area contributed by atoms with Crippen molar-refractivity contribution in [1.82, 2.24) is 29.9 Å². The van der Waals surface area contributed by atoms with Gasteiger partial charge in [-0.15, -0.1) is 0 Å². The van der Waals surface area contributed by atoms with Gasteiger partial charge in [0.1, 0.15) is 17.3 Å². The fraction of sp³-hybridized carbons (Fsp3) is 0.480. The van der Waals surface area contributed by atoms with Gasteiger partial charge >= 0.3 is 0 Å². The summed E-state index contributed by atoms with van der Waals surface area (Å²) in [6, 6.07) is 11.5. The number of carbonyl (C=O) groups is 3. The lowest BCUT2D eigenvalue weighted by molar-refractivity contribution is -0.121. The number of carbonyl (C=O) groups excluding carboxylic acids is 3. The topological polar surface area (TPSA) is 111 Å². The Hall–Kier alpha value is -5.46. The number of imide groups is 1. The van der Waals surface area contributed by atoms with Gasteiger partial charge in [0.2, 0.25) is 5.91 Å². The number of nitrogens with zero attached hydrogens (tertiary/aromatic N) is 6. The van der Waals surface area contributed by atoms with Crippen LogP contribution in [-0.2, 0) is 17.8 Å². The molecule has 1 aromatic heterocycles. The number of aryl methyl sites for hydroxylation is 1.